The fourth-order valence-corrected chi connectivity index (χ4v) is 2.10. The predicted octanol–water partition coefficient (Wildman–Crippen LogP) is 3.32. The minimum absolute atomic E-state index is 0.0331. The highest BCUT2D eigenvalue weighted by Gasteiger charge is 2.23. The third-order valence-corrected chi connectivity index (χ3v) is 3.48. The summed E-state index contributed by atoms with van der Waals surface area (Å²) in [6.45, 7) is 6.99. The van der Waals surface area contributed by atoms with E-state index in [0.29, 0.717) is 11.4 Å². The number of amides is 1. The van der Waals surface area contributed by atoms with Crippen molar-refractivity contribution in [3.8, 4) is 5.75 Å². The van der Waals surface area contributed by atoms with Crippen LogP contribution in [0.25, 0.3) is 0 Å². The zero-order valence-corrected chi connectivity index (χ0v) is 14.0. The summed E-state index contributed by atoms with van der Waals surface area (Å²) in [5, 5.41) is 13.8. The molecule has 0 bridgehead atoms. The van der Waals surface area contributed by atoms with E-state index < -0.39 is 22.8 Å². The van der Waals surface area contributed by atoms with Gasteiger partial charge in [0.2, 0.25) is 5.75 Å². The van der Waals surface area contributed by atoms with Gasteiger partial charge < -0.3 is 20.2 Å². The number of benzene rings is 1. The Kier molecular flexibility index (Phi) is 5.13. The lowest BCUT2D eigenvalue weighted by Crippen LogP contribution is -2.30. The van der Waals surface area contributed by atoms with E-state index in [0.717, 1.165) is 11.1 Å². The van der Waals surface area contributed by atoms with Crippen molar-refractivity contribution in [3.05, 3.63) is 57.3 Å². The summed E-state index contributed by atoms with van der Waals surface area (Å²) in [4.78, 5) is 26.6. The smallest absolute Gasteiger partial charge is 0.406 e. The van der Waals surface area contributed by atoms with Crippen molar-refractivity contribution < 1.29 is 14.5 Å². The van der Waals surface area contributed by atoms with E-state index in [4.69, 9.17) is 4.74 Å². The van der Waals surface area contributed by atoms with Crippen molar-refractivity contribution in [1.29, 1.82) is 0 Å². The van der Waals surface area contributed by atoms with Gasteiger partial charge in [0.25, 0.3) is 5.91 Å². The average molecular weight is 329 g/mol. The summed E-state index contributed by atoms with van der Waals surface area (Å²) in [6, 6.07) is 8.76. The van der Waals surface area contributed by atoms with Crippen LogP contribution >= 0.6 is 0 Å². The lowest BCUT2D eigenvalue weighted by molar-refractivity contribution is -0.390. The largest absolute Gasteiger partial charge is 0.473 e. The molecule has 0 aliphatic heterocycles. The number of nitrogens with one attached hydrogen (secondary N) is 1. The van der Waals surface area contributed by atoms with Crippen molar-refractivity contribution in [3.63, 3.8) is 0 Å². The molecule has 1 N–H and O–H groups in total. The molecule has 0 aliphatic carbocycles. The molecule has 0 saturated carbocycles. The van der Waals surface area contributed by atoms with E-state index in [1.54, 1.807) is 13.0 Å². The van der Waals surface area contributed by atoms with Crippen LogP contribution in [0.3, 0.4) is 0 Å². The lowest BCUT2D eigenvalue weighted by atomic mass is 10.1. The van der Waals surface area contributed by atoms with Crippen LogP contribution in [0.1, 0.15) is 23.7 Å². The van der Waals surface area contributed by atoms with E-state index >= 15 is 0 Å². The highest BCUT2D eigenvalue weighted by atomic mass is 16.6. The van der Waals surface area contributed by atoms with Crippen molar-refractivity contribution >= 4 is 17.4 Å². The van der Waals surface area contributed by atoms with E-state index in [1.807, 2.05) is 32.0 Å². The maximum atomic E-state index is 12.3. The van der Waals surface area contributed by atoms with Gasteiger partial charge in [-0.05, 0) is 60.0 Å². The maximum Gasteiger partial charge on any atom is 0.406 e. The van der Waals surface area contributed by atoms with Gasteiger partial charge in [0.05, 0.1) is 0 Å². The summed E-state index contributed by atoms with van der Waals surface area (Å²) < 4.78 is 5.45. The Morgan fingerprint density at radius 3 is 2.62 bits per heavy atom. The summed E-state index contributed by atoms with van der Waals surface area (Å²) in [6.07, 6.45) is -0.909. The lowest BCUT2D eigenvalue weighted by Gasteiger charge is -2.16. The molecule has 0 saturated heterocycles. The molecule has 24 heavy (non-hydrogen) atoms. The number of aromatic nitrogens is 1. The average Bonchev–Trinajstić information content (AvgIpc) is 2.52. The molecule has 1 heterocycles. The van der Waals surface area contributed by atoms with E-state index in [2.05, 4.69) is 10.3 Å². The molecule has 126 valence electrons. The molecule has 2 aromatic rings. The number of hydrogen-bond donors (Lipinski definition) is 1. The normalized spacial score (nSPS) is 11.7. The zero-order valence-electron chi connectivity index (χ0n) is 14.0. The molecular formula is C17H19N3O4. The molecule has 0 spiro atoms. The predicted molar refractivity (Wildman–Crippen MR) is 90.3 cm³/mol. The van der Waals surface area contributed by atoms with Crippen LogP contribution in [0, 0.1) is 30.9 Å². The van der Waals surface area contributed by atoms with Crippen molar-refractivity contribution in [1.82, 2.24) is 4.98 Å². The Hall–Kier alpha value is -2.96. The maximum absolute atomic E-state index is 12.3. The number of carbonyl (C=O) groups is 1. The van der Waals surface area contributed by atoms with Gasteiger partial charge in [-0.1, -0.05) is 12.1 Å². The van der Waals surface area contributed by atoms with Crippen LogP contribution in [0.5, 0.6) is 5.75 Å². The summed E-state index contributed by atoms with van der Waals surface area (Å²) >= 11 is 0. The SMILES string of the molecule is Cc1ccc(C)c(NC(=O)[C@H](C)Oc2ccc(C)nc2[N+](=O)[O-])c1. The minimum Gasteiger partial charge on any atom is -0.473 e. The molecule has 1 aromatic carbocycles. The van der Waals surface area contributed by atoms with Gasteiger partial charge in [-0.15, -0.1) is 0 Å². The summed E-state index contributed by atoms with van der Waals surface area (Å²) in [5.41, 5.74) is 3.13. The van der Waals surface area contributed by atoms with Gasteiger partial charge in [0.15, 0.2) is 6.10 Å². The van der Waals surface area contributed by atoms with Gasteiger partial charge in [0.1, 0.15) is 5.69 Å². The summed E-state index contributed by atoms with van der Waals surface area (Å²) in [7, 11) is 0. The molecule has 1 aromatic heterocycles. The van der Waals surface area contributed by atoms with Crippen LogP contribution < -0.4 is 10.1 Å². The Bertz CT molecular complexity index is 789. The number of carbonyl (C=O) groups excluding carboxylic acids is 1. The third-order valence-electron chi connectivity index (χ3n) is 3.48. The molecule has 2 rings (SSSR count). The molecule has 7 heteroatoms. The fourth-order valence-electron chi connectivity index (χ4n) is 2.10. The molecule has 0 aliphatic rings. The van der Waals surface area contributed by atoms with Crippen molar-refractivity contribution in [2.75, 3.05) is 5.32 Å². The highest BCUT2D eigenvalue weighted by molar-refractivity contribution is 5.94. The summed E-state index contributed by atoms with van der Waals surface area (Å²) in [5.74, 6) is -0.825. The van der Waals surface area contributed by atoms with Gasteiger partial charge in [-0.2, -0.15) is 0 Å². The van der Waals surface area contributed by atoms with Gasteiger partial charge in [-0.25, -0.2) is 0 Å². The van der Waals surface area contributed by atoms with Crippen LogP contribution in [-0.2, 0) is 4.79 Å². The Morgan fingerprint density at radius 1 is 1.25 bits per heavy atom. The molecule has 0 fully saturated rings. The van der Waals surface area contributed by atoms with Crippen molar-refractivity contribution in [2.45, 2.75) is 33.8 Å². The second-order valence-electron chi connectivity index (χ2n) is 5.60. The Morgan fingerprint density at radius 2 is 1.96 bits per heavy atom. The van der Waals surface area contributed by atoms with E-state index in [-0.39, 0.29) is 5.75 Å². The van der Waals surface area contributed by atoms with Gasteiger partial charge in [0, 0.05) is 12.6 Å². The van der Waals surface area contributed by atoms with E-state index in [1.165, 1.54) is 13.0 Å². The first-order chi connectivity index (χ1) is 11.3. The first-order valence-corrected chi connectivity index (χ1v) is 7.44. The van der Waals surface area contributed by atoms with Gasteiger partial charge >= 0.3 is 5.82 Å². The molecule has 1 atom stereocenters. The first-order valence-electron chi connectivity index (χ1n) is 7.44. The minimum atomic E-state index is -0.909. The van der Waals surface area contributed by atoms with Crippen LogP contribution in [0.4, 0.5) is 11.5 Å². The third kappa shape index (κ3) is 4.07. The number of pyridine rings is 1. The van der Waals surface area contributed by atoms with Gasteiger partial charge in [-0.3, -0.25) is 4.79 Å². The topological polar surface area (TPSA) is 94.4 Å². The molecular weight excluding hydrogens is 310 g/mol. The number of nitrogens with zero attached hydrogens (tertiary/aromatic N) is 2. The molecule has 0 radical (unpaired) electrons. The van der Waals surface area contributed by atoms with Crippen molar-refractivity contribution in [2.24, 2.45) is 0 Å². The number of hydrogen-bond acceptors (Lipinski definition) is 5. The first kappa shape index (κ1) is 17.4. The quantitative estimate of drug-likeness (QED) is 0.671. The number of nitro groups is 1. The second-order valence-corrected chi connectivity index (χ2v) is 5.60. The van der Waals surface area contributed by atoms with Crippen LogP contribution in [0.2, 0.25) is 0 Å². The Labute approximate surface area is 139 Å². The Balaban J connectivity index is 2.15. The fraction of sp³-hybridized carbons (Fsp3) is 0.294. The monoisotopic (exact) mass is 329 g/mol. The highest BCUT2D eigenvalue weighted by Crippen LogP contribution is 2.26. The number of ether oxygens (including phenoxy) is 1. The standard InChI is InChI=1S/C17H19N3O4/c1-10-5-6-11(2)14(9-10)19-17(21)13(4)24-15-8-7-12(3)18-16(15)20(22)23/h5-9,13H,1-4H3,(H,19,21)/t13-/m0/s1. The molecule has 7 nitrogen and oxygen atoms in total. The van der Waals surface area contributed by atoms with Crippen LogP contribution in [-0.4, -0.2) is 21.9 Å². The second kappa shape index (κ2) is 7.08. The number of rotatable bonds is 5. The number of anilines is 1. The molecule has 0 unspecified atom stereocenters. The zero-order chi connectivity index (χ0) is 17.9. The van der Waals surface area contributed by atoms with E-state index in [9.17, 15) is 14.9 Å². The number of aryl methyl sites for hydroxylation is 3. The molecule has 1 amide bonds. The van der Waals surface area contributed by atoms with Crippen LogP contribution in [0.15, 0.2) is 30.3 Å².